The van der Waals surface area contributed by atoms with Gasteiger partial charge in [0, 0.05) is 16.3 Å². The number of fused-ring (bicyclic) bond motifs is 3. The lowest BCUT2D eigenvalue weighted by molar-refractivity contribution is 0.928. The number of hydrogen-bond acceptors (Lipinski definition) is 5. The molecule has 0 saturated carbocycles. The summed E-state index contributed by atoms with van der Waals surface area (Å²) in [5.41, 5.74) is 6.44. The fraction of sp³-hybridized carbons (Fsp3) is 0.0645. The van der Waals surface area contributed by atoms with E-state index in [9.17, 15) is 10.5 Å². The number of hydrogen-bond donors (Lipinski definition) is 0. The molecule has 6 aromatic rings. The molecular weight excluding hydrogens is 456 g/mol. The third-order valence-electron chi connectivity index (χ3n) is 6.51. The van der Waals surface area contributed by atoms with Crippen LogP contribution in [0.1, 0.15) is 22.8 Å². The Labute approximate surface area is 213 Å². The Bertz CT molecular complexity index is 1910. The van der Waals surface area contributed by atoms with Gasteiger partial charge in [0.15, 0.2) is 5.82 Å². The molecule has 0 atom stereocenters. The molecule has 0 unspecified atom stereocenters. The molecular formula is C31H20N6. The predicted molar refractivity (Wildman–Crippen MR) is 144 cm³/mol. The van der Waals surface area contributed by atoms with Gasteiger partial charge in [-0.05, 0) is 61.4 Å². The van der Waals surface area contributed by atoms with Crippen molar-refractivity contribution < 1.29 is 0 Å². The van der Waals surface area contributed by atoms with Crippen LogP contribution in [-0.2, 0) is 0 Å². The van der Waals surface area contributed by atoms with E-state index in [2.05, 4.69) is 55.9 Å². The van der Waals surface area contributed by atoms with E-state index in [1.807, 2.05) is 74.5 Å². The summed E-state index contributed by atoms with van der Waals surface area (Å²) in [7, 11) is 0. The lowest BCUT2D eigenvalue weighted by atomic mass is 9.99. The average molecular weight is 477 g/mol. The Morgan fingerprint density at radius 3 is 2.08 bits per heavy atom. The quantitative estimate of drug-likeness (QED) is 0.285. The van der Waals surface area contributed by atoms with Gasteiger partial charge in [0.1, 0.15) is 17.7 Å². The minimum atomic E-state index is 0.539. The summed E-state index contributed by atoms with van der Waals surface area (Å²) in [6.07, 6.45) is 0. The van der Waals surface area contributed by atoms with Crippen molar-refractivity contribution >= 4 is 21.8 Å². The smallest absolute Gasteiger partial charge is 0.163 e. The summed E-state index contributed by atoms with van der Waals surface area (Å²) in [5, 5.41) is 21.9. The fourth-order valence-electron chi connectivity index (χ4n) is 4.93. The van der Waals surface area contributed by atoms with Crippen molar-refractivity contribution in [1.82, 2.24) is 19.5 Å². The second-order valence-corrected chi connectivity index (χ2v) is 8.84. The first-order chi connectivity index (χ1) is 18.1. The van der Waals surface area contributed by atoms with Crippen molar-refractivity contribution in [3.63, 3.8) is 0 Å². The second-order valence-electron chi connectivity index (χ2n) is 8.84. The van der Waals surface area contributed by atoms with E-state index in [4.69, 9.17) is 0 Å². The van der Waals surface area contributed by atoms with Gasteiger partial charge in [0.25, 0.3) is 0 Å². The van der Waals surface area contributed by atoms with Gasteiger partial charge in [0.2, 0.25) is 0 Å². The van der Waals surface area contributed by atoms with Crippen LogP contribution in [-0.4, -0.2) is 19.5 Å². The second kappa shape index (κ2) is 8.71. The monoisotopic (exact) mass is 476 g/mol. The van der Waals surface area contributed by atoms with Crippen LogP contribution in [0, 0.1) is 36.5 Å². The summed E-state index contributed by atoms with van der Waals surface area (Å²) >= 11 is 0. The van der Waals surface area contributed by atoms with Gasteiger partial charge in [0.05, 0.1) is 33.9 Å². The van der Waals surface area contributed by atoms with Crippen LogP contribution in [0.25, 0.3) is 50.0 Å². The van der Waals surface area contributed by atoms with E-state index in [1.54, 1.807) is 0 Å². The van der Waals surface area contributed by atoms with E-state index >= 15 is 0 Å². The van der Waals surface area contributed by atoms with Gasteiger partial charge in [-0.25, -0.2) is 15.0 Å². The summed E-state index contributed by atoms with van der Waals surface area (Å²) in [4.78, 5) is 13.4. The topological polar surface area (TPSA) is 91.2 Å². The van der Waals surface area contributed by atoms with Crippen molar-refractivity contribution in [2.24, 2.45) is 0 Å². The molecule has 6 heteroatoms. The molecule has 0 saturated heterocycles. The number of nitriles is 2. The maximum Gasteiger partial charge on any atom is 0.163 e. The molecule has 37 heavy (non-hydrogen) atoms. The Kier molecular flexibility index (Phi) is 5.22. The normalized spacial score (nSPS) is 10.9. The molecule has 0 N–H and O–H groups in total. The SMILES string of the molecule is Cc1nc(C)nc(-c2ccc(C#N)c(-n3c4ccccc4c4ccc(-c5ccccc5C#N)cc43)c2)n1. The number of aryl methyl sites for hydroxylation is 2. The first kappa shape index (κ1) is 22.2. The summed E-state index contributed by atoms with van der Waals surface area (Å²) < 4.78 is 2.12. The van der Waals surface area contributed by atoms with E-state index < -0.39 is 0 Å². The minimum Gasteiger partial charge on any atom is -0.308 e. The molecule has 4 aromatic carbocycles. The van der Waals surface area contributed by atoms with Gasteiger partial charge in [-0.15, -0.1) is 0 Å². The maximum atomic E-state index is 10.1. The highest BCUT2D eigenvalue weighted by Gasteiger charge is 2.18. The molecule has 0 aliphatic carbocycles. The van der Waals surface area contributed by atoms with Crippen LogP contribution < -0.4 is 0 Å². The van der Waals surface area contributed by atoms with Gasteiger partial charge in [-0.1, -0.05) is 48.5 Å². The van der Waals surface area contributed by atoms with Gasteiger partial charge < -0.3 is 4.57 Å². The standard InChI is InChI=1S/C31H20N6/c1-19-34-20(2)36-31(35-19)22-11-12-24(18-33)29(16-22)37-28-10-6-5-9-26(28)27-14-13-21(15-30(27)37)25-8-4-3-7-23(25)17-32/h3-16H,1-2H3. The van der Waals surface area contributed by atoms with E-state index in [0.717, 1.165) is 44.2 Å². The van der Waals surface area contributed by atoms with Crippen LogP contribution >= 0.6 is 0 Å². The summed E-state index contributed by atoms with van der Waals surface area (Å²) in [6, 6.07) is 32.3. The van der Waals surface area contributed by atoms with E-state index in [1.165, 1.54) is 0 Å². The van der Waals surface area contributed by atoms with Crippen LogP contribution in [0.3, 0.4) is 0 Å². The van der Waals surface area contributed by atoms with Gasteiger partial charge in [-0.2, -0.15) is 10.5 Å². The lowest BCUT2D eigenvalue weighted by Crippen LogP contribution is -2.02. The molecule has 0 aliphatic heterocycles. The predicted octanol–water partition coefficient (Wildman–Crippen LogP) is 6.66. The highest BCUT2D eigenvalue weighted by atomic mass is 15.0. The van der Waals surface area contributed by atoms with E-state index in [-0.39, 0.29) is 0 Å². The number of benzene rings is 4. The largest absolute Gasteiger partial charge is 0.308 e. The highest BCUT2D eigenvalue weighted by Crippen LogP contribution is 2.37. The Hall–Kier alpha value is -5.33. The Morgan fingerprint density at radius 1 is 0.622 bits per heavy atom. The molecule has 174 valence electrons. The summed E-state index contributed by atoms with van der Waals surface area (Å²) in [5.74, 6) is 1.86. The van der Waals surface area contributed by atoms with Crippen molar-refractivity contribution in [3.05, 3.63) is 108 Å². The highest BCUT2D eigenvalue weighted by molar-refractivity contribution is 6.10. The molecule has 0 aliphatic rings. The van der Waals surface area contributed by atoms with Crippen LogP contribution in [0.15, 0.2) is 84.9 Å². The van der Waals surface area contributed by atoms with Crippen LogP contribution in [0.5, 0.6) is 0 Å². The van der Waals surface area contributed by atoms with Crippen molar-refractivity contribution in [2.45, 2.75) is 13.8 Å². The minimum absolute atomic E-state index is 0.539. The van der Waals surface area contributed by atoms with Crippen molar-refractivity contribution in [3.8, 4) is 40.3 Å². The molecule has 0 fully saturated rings. The number of rotatable bonds is 3. The Balaban J connectivity index is 1.68. The van der Waals surface area contributed by atoms with Crippen LogP contribution in [0.2, 0.25) is 0 Å². The molecule has 0 bridgehead atoms. The third-order valence-corrected chi connectivity index (χ3v) is 6.51. The number of aromatic nitrogens is 4. The van der Waals surface area contributed by atoms with E-state index in [0.29, 0.717) is 28.6 Å². The number of para-hydroxylation sites is 1. The number of nitrogens with zero attached hydrogens (tertiary/aromatic N) is 6. The van der Waals surface area contributed by atoms with Gasteiger partial charge >= 0.3 is 0 Å². The average Bonchev–Trinajstić information content (AvgIpc) is 3.25. The summed E-state index contributed by atoms with van der Waals surface area (Å²) in [6.45, 7) is 3.69. The first-order valence-corrected chi connectivity index (χ1v) is 11.8. The Morgan fingerprint density at radius 2 is 1.30 bits per heavy atom. The zero-order valence-corrected chi connectivity index (χ0v) is 20.3. The molecule has 2 aromatic heterocycles. The third kappa shape index (κ3) is 3.69. The molecule has 0 radical (unpaired) electrons. The molecule has 0 amide bonds. The maximum absolute atomic E-state index is 10.1. The fourth-order valence-corrected chi connectivity index (χ4v) is 4.93. The lowest BCUT2D eigenvalue weighted by Gasteiger charge is -2.13. The molecule has 6 rings (SSSR count). The van der Waals surface area contributed by atoms with Crippen molar-refractivity contribution in [1.29, 1.82) is 10.5 Å². The first-order valence-electron chi connectivity index (χ1n) is 11.8. The zero-order valence-electron chi connectivity index (χ0n) is 20.3. The van der Waals surface area contributed by atoms with Crippen LogP contribution in [0.4, 0.5) is 0 Å². The molecule has 6 nitrogen and oxygen atoms in total. The van der Waals surface area contributed by atoms with Crippen molar-refractivity contribution in [2.75, 3.05) is 0 Å². The molecule has 2 heterocycles. The zero-order chi connectivity index (χ0) is 25.5. The van der Waals surface area contributed by atoms with Gasteiger partial charge in [-0.3, -0.25) is 0 Å². The molecule has 0 spiro atoms.